The van der Waals surface area contributed by atoms with Crippen LogP contribution in [0, 0.1) is 24.7 Å². The summed E-state index contributed by atoms with van der Waals surface area (Å²) >= 11 is 6.46. The fourth-order valence-corrected chi connectivity index (χ4v) is 6.16. The number of aryl methyl sites for hydroxylation is 1. The molecule has 0 spiro atoms. The molecule has 46 heavy (non-hydrogen) atoms. The lowest BCUT2D eigenvalue weighted by Gasteiger charge is -2.40. The molecule has 4 heterocycles. The van der Waals surface area contributed by atoms with Crippen LogP contribution in [0.4, 0.5) is 15.9 Å². The fraction of sp³-hybridized carbons (Fsp3) is 0.406. The second kappa shape index (κ2) is 12.3. The van der Waals surface area contributed by atoms with Gasteiger partial charge in [-0.15, -0.1) is 0 Å². The van der Waals surface area contributed by atoms with Crippen LogP contribution in [0.25, 0.3) is 11.0 Å². The van der Waals surface area contributed by atoms with E-state index in [0.29, 0.717) is 17.3 Å². The third-order valence-corrected chi connectivity index (χ3v) is 9.03. The molecule has 2 amide bonds. The Kier molecular flexibility index (Phi) is 8.35. The summed E-state index contributed by atoms with van der Waals surface area (Å²) in [7, 11) is 1.55. The summed E-state index contributed by atoms with van der Waals surface area (Å²) in [6.45, 7) is 7.36. The number of aliphatic hydroxyl groups excluding tert-OH is 1. The van der Waals surface area contributed by atoms with Gasteiger partial charge in [-0.05, 0) is 44.6 Å². The number of carbonyl (C=O) groups is 2. The molecule has 2 atom stereocenters. The van der Waals surface area contributed by atoms with Crippen molar-refractivity contribution < 1.29 is 19.1 Å². The van der Waals surface area contributed by atoms with Crippen LogP contribution in [-0.4, -0.2) is 73.1 Å². The summed E-state index contributed by atoms with van der Waals surface area (Å²) in [5.41, 5.74) is 5.32. The van der Waals surface area contributed by atoms with Crippen LogP contribution in [0.2, 0.25) is 5.02 Å². The number of nitrogens with one attached hydrogen (secondary N) is 1. The van der Waals surface area contributed by atoms with Gasteiger partial charge in [0.15, 0.2) is 5.76 Å². The van der Waals surface area contributed by atoms with E-state index in [9.17, 15) is 23.9 Å². The van der Waals surface area contributed by atoms with Gasteiger partial charge < -0.3 is 25.6 Å². The highest BCUT2D eigenvalue weighted by molar-refractivity contribution is 6.33. The van der Waals surface area contributed by atoms with Crippen LogP contribution in [0.15, 0.2) is 46.5 Å². The molecule has 1 unspecified atom stereocenters. The average molecular weight is 649 g/mol. The van der Waals surface area contributed by atoms with Crippen molar-refractivity contribution in [1.82, 2.24) is 24.0 Å². The molecule has 240 valence electrons. The summed E-state index contributed by atoms with van der Waals surface area (Å²) in [4.78, 5) is 52.7. The minimum atomic E-state index is -1.22. The molecular weight excluding hydrogens is 615 g/mol. The predicted octanol–water partition coefficient (Wildman–Crippen LogP) is 2.90. The zero-order valence-corrected chi connectivity index (χ0v) is 26.4. The number of allylic oxidation sites excluding steroid dienone is 2. The normalized spacial score (nSPS) is 20.3. The minimum absolute atomic E-state index is 0.126. The van der Waals surface area contributed by atoms with Gasteiger partial charge in [0.2, 0.25) is 11.7 Å². The molecule has 0 bridgehead atoms. The Morgan fingerprint density at radius 3 is 2.74 bits per heavy atom. The van der Waals surface area contributed by atoms with Crippen LogP contribution in [0.3, 0.4) is 0 Å². The molecule has 4 N–H and O–H groups in total. The zero-order valence-electron chi connectivity index (χ0n) is 25.7. The number of halogens is 2. The van der Waals surface area contributed by atoms with Crippen LogP contribution in [-0.2, 0) is 23.2 Å². The van der Waals surface area contributed by atoms with Crippen molar-refractivity contribution in [3.05, 3.63) is 68.5 Å². The highest BCUT2D eigenvalue weighted by atomic mass is 35.5. The fourth-order valence-electron chi connectivity index (χ4n) is 6.01. The number of fused-ring (bicyclic) bond motifs is 1. The number of pyridine rings is 1. The van der Waals surface area contributed by atoms with E-state index in [1.165, 1.54) is 40.4 Å². The summed E-state index contributed by atoms with van der Waals surface area (Å²) in [6.07, 6.45) is 6.85. The Balaban J connectivity index is 1.28. The number of carbonyl (C=O) groups excluding carboxylic acids is 2. The predicted molar refractivity (Wildman–Crippen MR) is 172 cm³/mol. The molecule has 1 saturated heterocycles. The quantitative estimate of drug-likeness (QED) is 0.316. The molecular formula is C32H34ClFN8O4. The van der Waals surface area contributed by atoms with E-state index in [0.717, 1.165) is 32.1 Å². The van der Waals surface area contributed by atoms with Gasteiger partial charge in [-0.1, -0.05) is 17.5 Å². The lowest BCUT2D eigenvalue weighted by Crippen LogP contribution is -2.52. The van der Waals surface area contributed by atoms with Crippen molar-refractivity contribution in [3.8, 4) is 11.8 Å². The smallest absolute Gasteiger partial charge is 0.263 e. The number of aromatic nitrogens is 4. The highest BCUT2D eigenvalue weighted by Gasteiger charge is 2.30. The number of rotatable bonds is 8. The first-order valence-corrected chi connectivity index (χ1v) is 15.4. The molecule has 2 fully saturated rings. The van der Waals surface area contributed by atoms with Crippen LogP contribution in [0.5, 0.6) is 0 Å². The summed E-state index contributed by atoms with van der Waals surface area (Å²) in [6, 6.07) is 1.99. The van der Waals surface area contributed by atoms with Crippen LogP contribution in [0.1, 0.15) is 37.1 Å². The van der Waals surface area contributed by atoms with Gasteiger partial charge in [-0.2, -0.15) is 4.39 Å². The summed E-state index contributed by atoms with van der Waals surface area (Å²) in [5, 5.41) is 13.4. The number of anilines is 2. The summed E-state index contributed by atoms with van der Waals surface area (Å²) < 4.78 is 17.2. The zero-order chi connectivity index (χ0) is 32.9. The number of hydrogen-bond donors (Lipinski definition) is 3. The highest BCUT2D eigenvalue weighted by Crippen LogP contribution is 2.33. The van der Waals surface area contributed by atoms with Gasteiger partial charge in [0, 0.05) is 57.1 Å². The van der Waals surface area contributed by atoms with Crippen molar-refractivity contribution in [2.75, 3.05) is 36.4 Å². The first-order chi connectivity index (χ1) is 21.9. The topological polar surface area (TPSA) is 152 Å². The molecule has 2 aliphatic carbocycles. The van der Waals surface area contributed by atoms with Crippen LogP contribution < -0.4 is 21.5 Å². The first kappa shape index (κ1) is 31.3. The van der Waals surface area contributed by atoms with Crippen LogP contribution >= 0.6 is 11.6 Å². The first-order valence-electron chi connectivity index (χ1n) is 15.0. The second-order valence-electron chi connectivity index (χ2n) is 12.1. The van der Waals surface area contributed by atoms with E-state index in [-0.39, 0.29) is 34.2 Å². The molecule has 12 nitrogen and oxygen atoms in total. The SMILES string of the molecule is Cc1nc2c(c(C3C#CC(F)=C(O)C(C(N)=O)=C3)cn2CC(=O)Nc2cc(N3CCN(CC4CC4)C[C@@H]3C)ncc2Cl)c(=O)n1C. The largest absolute Gasteiger partial charge is 0.504 e. The number of nitrogens with zero attached hydrogens (tertiary/aromatic N) is 6. The molecule has 6 rings (SSSR count). The van der Waals surface area contributed by atoms with Crippen molar-refractivity contribution in [2.24, 2.45) is 18.7 Å². The van der Waals surface area contributed by atoms with Crippen molar-refractivity contribution in [3.63, 3.8) is 0 Å². The average Bonchev–Trinajstić information content (AvgIpc) is 3.78. The van der Waals surface area contributed by atoms with Gasteiger partial charge in [-0.25, -0.2) is 9.97 Å². The van der Waals surface area contributed by atoms with Gasteiger partial charge in [-0.3, -0.25) is 23.9 Å². The lowest BCUT2D eigenvalue weighted by molar-refractivity contribution is -0.117. The van der Waals surface area contributed by atoms with Gasteiger partial charge >= 0.3 is 0 Å². The van der Waals surface area contributed by atoms with Gasteiger partial charge in [0.05, 0.1) is 33.8 Å². The Morgan fingerprint density at radius 1 is 1.28 bits per heavy atom. The minimum Gasteiger partial charge on any atom is -0.504 e. The number of hydrogen-bond acceptors (Lipinski definition) is 8. The number of piperazine rings is 1. The molecule has 0 radical (unpaired) electrons. The molecule has 1 saturated carbocycles. The van der Waals surface area contributed by atoms with E-state index in [4.69, 9.17) is 17.3 Å². The Morgan fingerprint density at radius 2 is 2.04 bits per heavy atom. The Hall–Kier alpha value is -4.67. The molecule has 3 aromatic rings. The standard InChI is InChI=1S/C32H34ClFN8O4/c1-17-13-40(14-19-4-5-19)8-9-42(17)26-11-25(23(33)12-36-26)38-27(43)16-41-15-22(28-31(41)37-18(2)39(3)32(28)46)20-6-7-24(34)29(44)21(10-20)30(35)45/h10-12,15,17,19-20,44H,4-5,8-9,13-14,16H2,1-3H3,(H2,35,45)(H,36,38,43)/t17-,20?/m0/s1. The Labute approximate surface area is 269 Å². The third-order valence-electron chi connectivity index (χ3n) is 8.73. The monoisotopic (exact) mass is 648 g/mol. The van der Waals surface area contributed by atoms with E-state index in [1.54, 1.807) is 20.0 Å². The van der Waals surface area contributed by atoms with Gasteiger partial charge in [0.1, 0.15) is 23.8 Å². The molecule has 3 aromatic heterocycles. The molecule has 0 aromatic carbocycles. The summed E-state index contributed by atoms with van der Waals surface area (Å²) in [5.74, 6) is 2.00. The maximum absolute atomic E-state index is 14.3. The van der Waals surface area contributed by atoms with Crippen molar-refractivity contribution in [1.29, 1.82) is 0 Å². The lowest BCUT2D eigenvalue weighted by atomic mass is 9.97. The van der Waals surface area contributed by atoms with E-state index < -0.39 is 40.5 Å². The third kappa shape index (κ3) is 6.10. The van der Waals surface area contributed by atoms with Gasteiger partial charge in [0.25, 0.3) is 11.5 Å². The van der Waals surface area contributed by atoms with Crippen molar-refractivity contribution >= 4 is 46.0 Å². The Bertz CT molecular complexity index is 1950. The van der Waals surface area contributed by atoms with E-state index >= 15 is 0 Å². The molecule has 3 aliphatic rings. The molecule has 14 heteroatoms. The molecule has 1 aliphatic heterocycles. The van der Waals surface area contributed by atoms with E-state index in [2.05, 4.69) is 43.8 Å². The number of aliphatic hydroxyl groups is 1. The maximum atomic E-state index is 14.3. The second-order valence-corrected chi connectivity index (χ2v) is 12.5. The number of nitrogens with two attached hydrogens (primary N) is 1. The number of amides is 2. The van der Waals surface area contributed by atoms with Crippen molar-refractivity contribution in [2.45, 2.75) is 45.2 Å². The number of primary amides is 1. The van der Waals surface area contributed by atoms with E-state index in [1.807, 2.05) is 0 Å². The maximum Gasteiger partial charge on any atom is 0.263 e.